The lowest BCUT2D eigenvalue weighted by Gasteiger charge is -2.27. The Bertz CT molecular complexity index is 654. The van der Waals surface area contributed by atoms with Crippen LogP contribution in [0, 0.1) is 6.92 Å². The highest BCUT2D eigenvalue weighted by molar-refractivity contribution is 5.91. The maximum atomic E-state index is 12.4. The van der Waals surface area contributed by atoms with E-state index in [1.54, 1.807) is 7.11 Å². The van der Waals surface area contributed by atoms with Crippen LogP contribution >= 0.6 is 0 Å². The predicted octanol–water partition coefficient (Wildman–Crippen LogP) is 3.45. The molecule has 0 spiro atoms. The standard InChI is InChI=1S/C20H29N3O3/c1-14-11-17(26-2)9-10-18(14)22-20(25)21-15-12-19(24)23(13-15)16-7-5-3-4-6-8-16/h9-11,15-16H,3-8,12-13H2,1-2H3,(H2,21,22,25). The Morgan fingerprint density at radius 3 is 2.58 bits per heavy atom. The smallest absolute Gasteiger partial charge is 0.319 e. The van der Waals surface area contributed by atoms with Crippen molar-refractivity contribution in [2.45, 2.75) is 64.0 Å². The molecule has 1 aromatic carbocycles. The molecule has 142 valence electrons. The van der Waals surface area contributed by atoms with E-state index in [4.69, 9.17) is 4.74 Å². The Morgan fingerprint density at radius 1 is 1.19 bits per heavy atom. The minimum absolute atomic E-state index is 0.121. The van der Waals surface area contributed by atoms with Gasteiger partial charge in [0.1, 0.15) is 5.75 Å². The summed E-state index contributed by atoms with van der Waals surface area (Å²) in [6.07, 6.45) is 7.51. The van der Waals surface area contributed by atoms with Crippen LogP contribution in [0.3, 0.4) is 0 Å². The summed E-state index contributed by atoms with van der Waals surface area (Å²) >= 11 is 0. The molecule has 1 aromatic rings. The molecule has 3 rings (SSSR count). The minimum atomic E-state index is -0.265. The van der Waals surface area contributed by atoms with Crippen LogP contribution in [0.1, 0.15) is 50.5 Å². The van der Waals surface area contributed by atoms with Crippen LogP contribution in [-0.4, -0.2) is 42.6 Å². The maximum absolute atomic E-state index is 12.4. The number of anilines is 1. The molecule has 6 nitrogen and oxygen atoms in total. The zero-order valence-corrected chi connectivity index (χ0v) is 15.7. The Balaban J connectivity index is 1.54. The molecular formula is C20H29N3O3. The molecule has 0 radical (unpaired) electrons. The maximum Gasteiger partial charge on any atom is 0.319 e. The van der Waals surface area contributed by atoms with Gasteiger partial charge in [-0.2, -0.15) is 0 Å². The molecule has 6 heteroatoms. The van der Waals surface area contributed by atoms with Gasteiger partial charge in [0.05, 0.1) is 13.2 Å². The first-order valence-corrected chi connectivity index (χ1v) is 9.58. The normalized spacial score (nSPS) is 21.4. The molecule has 1 unspecified atom stereocenters. The van der Waals surface area contributed by atoms with Gasteiger partial charge in [-0.1, -0.05) is 25.7 Å². The Hall–Kier alpha value is -2.24. The van der Waals surface area contributed by atoms with Gasteiger partial charge in [-0.25, -0.2) is 4.79 Å². The summed E-state index contributed by atoms with van der Waals surface area (Å²) in [6, 6.07) is 5.48. The summed E-state index contributed by atoms with van der Waals surface area (Å²) < 4.78 is 5.18. The highest BCUT2D eigenvalue weighted by Crippen LogP contribution is 2.26. The molecular weight excluding hydrogens is 330 g/mol. The fourth-order valence-electron chi connectivity index (χ4n) is 4.00. The Morgan fingerprint density at radius 2 is 1.92 bits per heavy atom. The zero-order chi connectivity index (χ0) is 18.5. The van der Waals surface area contributed by atoms with E-state index >= 15 is 0 Å². The lowest BCUT2D eigenvalue weighted by molar-refractivity contribution is -0.129. The first-order chi connectivity index (χ1) is 12.6. The Labute approximate surface area is 155 Å². The van der Waals surface area contributed by atoms with Crippen LogP contribution in [0.25, 0.3) is 0 Å². The van der Waals surface area contributed by atoms with Crippen molar-refractivity contribution in [3.63, 3.8) is 0 Å². The van der Waals surface area contributed by atoms with Gasteiger partial charge in [0.25, 0.3) is 0 Å². The van der Waals surface area contributed by atoms with E-state index < -0.39 is 0 Å². The first-order valence-electron chi connectivity index (χ1n) is 9.58. The molecule has 0 bridgehead atoms. The van der Waals surface area contributed by atoms with Crippen LogP contribution in [-0.2, 0) is 4.79 Å². The Kier molecular flexibility index (Phi) is 6.01. The second-order valence-corrected chi connectivity index (χ2v) is 7.37. The molecule has 0 aromatic heterocycles. The zero-order valence-electron chi connectivity index (χ0n) is 15.7. The average Bonchev–Trinajstić information content (AvgIpc) is 2.82. The average molecular weight is 359 g/mol. The van der Waals surface area contributed by atoms with Crippen LogP contribution in [0.5, 0.6) is 5.75 Å². The number of amides is 3. The highest BCUT2D eigenvalue weighted by atomic mass is 16.5. The van der Waals surface area contributed by atoms with E-state index in [9.17, 15) is 9.59 Å². The fraction of sp³-hybridized carbons (Fsp3) is 0.600. The lowest BCUT2D eigenvalue weighted by Crippen LogP contribution is -2.42. The minimum Gasteiger partial charge on any atom is -0.497 e. The van der Waals surface area contributed by atoms with E-state index in [1.165, 1.54) is 25.7 Å². The van der Waals surface area contributed by atoms with Crippen molar-refractivity contribution in [1.82, 2.24) is 10.2 Å². The number of nitrogens with zero attached hydrogens (tertiary/aromatic N) is 1. The number of ether oxygens (including phenoxy) is 1. The molecule has 1 heterocycles. The summed E-state index contributed by atoms with van der Waals surface area (Å²) in [6.45, 7) is 2.55. The number of hydrogen-bond acceptors (Lipinski definition) is 3. The third-order valence-electron chi connectivity index (χ3n) is 5.44. The molecule has 1 aliphatic carbocycles. The van der Waals surface area contributed by atoms with Crippen molar-refractivity contribution in [3.05, 3.63) is 23.8 Å². The van der Waals surface area contributed by atoms with Crippen molar-refractivity contribution in [1.29, 1.82) is 0 Å². The number of benzene rings is 1. The quantitative estimate of drug-likeness (QED) is 0.809. The van der Waals surface area contributed by atoms with Gasteiger partial charge in [-0.3, -0.25) is 4.79 Å². The predicted molar refractivity (Wildman–Crippen MR) is 101 cm³/mol. The van der Waals surface area contributed by atoms with E-state index in [-0.39, 0.29) is 18.0 Å². The number of aryl methyl sites for hydroxylation is 1. The molecule has 1 aliphatic heterocycles. The number of hydrogen-bond donors (Lipinski definition) is 2. The largest absolute Gasteiger partial charge is 0.497 e. The van der Waals surface area contributed by atoms with Gasteiger partial charge in [0, 0.05) is 24.7 Å². The van der Waals surface area contributed by atoms with Crippen LogP contribution in [0.4, 0.5) is 10.5 Å². The van der Waals surface area contributed by atoms with Gasteiger partial charge in [0.15, 0.2) is 0 Å². The van der Waals surface area contributed by atoms with Crippen LogP contribution in [0.2, 0.25) is 0 Å². The van der Waals surface area contributed by atoms with Gasteiger partial charge >= 0.3 is 6.03 Å². The van der Waals surface area contributed by atoms with Gasteiger partial charge in [-0.05, 0) is 43.5 Å². The van der Waals surface area contributed by atoms with E-state index in [1.807, 2.05) is 30.0 Å². The van der Waals surface area contributed by atoms with Crippen molar-refractivity contribution < 1.29 is 14.3 Å². The van der Waals surface area contributed by atoms with Crippen LogP contribution < -0.4 is 15.4 Å². The third kappa shape index (κ3) is 4.48. The lowest BCUT2D eigenvalue weighted by atomic mass is 10.1. The number of carbonyl (C=O) groups is 2. The summed E-state index contributed by atoms with van der Waals surface area (Å²) in [4.78, 5) is 26.7. The molecule has 1 saturated heterocycles. The molecule has 2 fully saturated rings. The summed E-state index contributed by atoms with van der Waals surface area (Å²) in [5.41, 5.74) is 1.68. The summed E-state index contributed by atoms with van der Waals surface area (Å²) in [7, 11) is 1.62. The van der Waals surface area contributed by atoms with Gasteiger partial charge < -0.3 is 20.3 Å². The number of likely N-dealkylation sites (tertiary alicyclic amines) is 1. The number of carbonyl (C=O) groups excluding carboxylic acids is 2. The monoisotopic (exact) mass is 359 g/mol. The number of methoxy groups -OCH3 is 1. The molecule has 2 aliphatic rings. The molecule has 3 amide bonds. The highest BCUT2D eigenvalue weighted by Gasteiger charge is 2.35. The third-order valence-corrected chi connectivity index (χ3v) is 5.44. The first kappa shape index (κ1) is 18.5. The van der Waals surface area contributed by atoms with Crippen molar-refractivity contribution >= 4 is 17.6 Å². The molecule has 1 saturated carbocycles. The SMILES string of the molecule is COc1ccc(NC(=O)NC2CC(=O)N(C3CCCCCC3)C2)c(C)c1. The summed E-state index contributed by atoms with van der Waals surface area (Å²) in [5, 5.41) is 5.83. The second kappa shape index (κ2) is 8.43. The number of nitrogens with one attached hydrogen (secondary N) is 2. The fourth-order valence-corrected chi connectivity index (χ4v) is 4.00. The van der Waals surface area contributed by atoms with Crippen molar-refractivity contribution in [2.24, 2.45) is 0 Å². The van der Waals surface area contributed by atoms with E-state index in [0.29, 0.717) is 19.0 Å². The van der Waals surface area contributed by atoms with E-state index in [0.717, 1.165) is 29.8 Å². The van der Waals surface area contributed by atoms with Crippen LogP contribution in [0.15, 0.2) is 18.2 Å². The number of rotatable bonds is 4. The van der Waals surface area contributed by atoms with Crippen molar-refractivity contribution in [3.8, 4) is 5.75 Å². The van der Waals surface area contributed by atoms with Crippen molar-refractivity contribution in [2.75, 3.05) is 19.0 Å². The summed E-state index contributed by atoms with van der Waals surface area (Å²) in [5.74, 6) is 0.928. The molecule has 1 atom stereocenters. The molecule has 26 heavy (non-hydrogen) atoms. The van der Waals surface area contributed by atoms with Gasteiger partial charge in [-0.15, -0.1) is 0 Å². The number of urea groups is 1. The topological polar surface area (TPSA) is 70.7 Å². The van der Waals surface area contributed by atoms with Gasteiger partial charge in [0.2, 0.25) is 5.91 Å². The second-order valence-electron chi connectivity index (χ2n) is 7.37. The van der Waals surface area contributed by atoms with E-state index in [2.05, 4.69) is 10.6 Å². The molecule has 2 N–H and O–H groups in total.